The van der Waals surface area contributed by atoms with E-state index in [0.717, 1.165) is 22.5 Å². The zero-order valence-corrected chi connectivity index (χ0v) is 23.7. The second-order valence-corrected chi connectivity index (χ2v) is 11.3. The van der Waals surface area contributed by atoms with Crippen molar-refractivity contribution in [2.45, 2.75) is 25.9 Å². The SMILES string of the molecule is COC(=O)c1sc(N2C(=O)c3oc4ccccc4c(=O)c3C23C(=O)N(Cc2cccc(C)c2)c2ccccc23)nc1C. The number of amides is 2. The minimum Gasteiger partial charge on any atom is -0.465 e. The van der Waals surface area contributed by atoms with Gasteiger partial charge in [-0.25, -0.2) is 9.78 Å². The number of benzene rings is 3. The van der Waals surface area contributed by atoms with Crippen LogP contribution in [0.5, 0.6) is 0 Å². The molecule has 0 saturated heterocycles. The molecule has 9 nitrogen and oxygen atoms in total. The van der Waals surface area contributed by atoms with Crippen LogP contribution in [0.25, 0.3) is 11.0 Å². The molecule has 1 unspecified atom stereocenters. The molecule has 1 atom stereocenters. The number of carbonyl (C=O) groups is 3. The molecule has 2 aliphatic rings. The maximum atomic E-state index is 15.0. The van der Waals surface area contributed by atoms with Crippen LogP contribution in [0.15, 0.2) is 82.0 Å². The van der Waals surface area contributed by atoms with Crippen molar-refractivity contribution in [3.05, 3.63) is 122 Å². The standard InChI is InChI=1S/C32H23N3O6S/c1-17-9-8-10-19(15-17)16-34-22-13-6-5-12-21(22)32(30(34)39)24-25(36)20-11-4-7-14-23(20)41-26(24)28(37)35(32)31-33-18(2)27(42-31)29(38)40-3/h4-15H,16H2,1-3H3. The Labute approximate surface area is 243 Å². The summed E-state index contributed by atoms with van der Waals surface area (Å²) in [6.45, 7) is 3.80. The van der Waals surface area contributed by atoms with Gasteiger partial charge in [0.15, 0.2) is 16.1 Å². The smallest absolute Gasteiger partial charge is 0.350 e. The number of hydrogen-bond donors (Lipinski definition) is 0. The fourth-order valence-corrected chi connectivity index (χ4v) is 7.06. The molecule has 42 heavy (non-hydrogen) atoms. The van der Waals surface area contributed by atoms with Crippen LogP contribution >= 0.6 is 11.3 Å². The van der Waals surface area contributed by atoms with Crippen molar-refractivity contribution < 1.29 is 23.5 Å². The Morgan fingerprint density at radius 2 is 1.76 bits per heavy atom. The van der Waals surface area contributed by atoms with E-state index in [-0.39, 0.29) is 38.8 Å². The van der Waals surface area contributed by atoms with Crippen molar-refractivity contribution in [1.82, 2.24) is 4.98 Å². The second kappa shape index (κ2) is 9.22. The third kappa shape index (κ3) is 3.38. The molecule has 2 amide bonds. The van der Waals surface area contributed by atoms with Gasteiger partial charge in [0.05, 0.1) is 36.0 Å². The molecule has 0 bridgehead atoms. The number of ether oxygens (including phenoxy) is 1. The first-order valence-corrected chi connectivity index (χ1v) is 14.0. The predicted octanol–water partition coefficient (Wildman–Crippen LogP) is 5.10. The number of anilines is 2. The van der Waals surface area contributed by atoms with E-state index in [1.807, 2.05) is 37.3 Å². The maximum Gasteiger partial charge on any atom is 0.350 e. The third-order valence-corrected chi connectivity index (χ3v) is 8.92. The molecule has 2 aliphatic heterocycles. The van der Waals surface area contributed by atoms with Gasteiger partial charge in [-0.15, -0.1) is 0 Å². The zero-order valence-electron chi connectivity index (χ0n) is 22.8. The minimum atomic E-state index is -1.91. The molecule has 10 heteroatoms. The number of para-hydroxylation sites is 2. The molecule has 208 valence electrons. The lowest BCUT2D eigenvalue weighted by Crippen LogP contribution is -2.53. The van der Waals surface area contributed by atoms with Crippen molar-refractivity contribution in [2.24, 2.45) is 0 Å². The van der Waals surface area contributed by atoms with E-state index < -0.39 is 28.8 Å². The third-order valence-electron chi connectivity index (χ3n) is 7.80. The fourth-order valence-electron chi connectivity index (χ4n) is 6.02. The summed E-state index contributed by atoms with van der Waals surface area (Å²) in [5, 5.41) is 0.326. The minimum absolute atomic E-state index is 0.0668. The number of methoxy groups -OCH3 is 1. The molecule has 1 spiro atoms. The first-order chi connectivity index (χ1) is 20.3. The highest BCUT2D eigenvalue weighted by molar-refractivity contribution is 7.17. The number of rotatable bonds is 4. The second-order valence-electron chi connectivity index (χ2n) is 10.3. The molecular weight excluding hydrogens is 554 g/mol. The van der Waals surface area contributed by atoms with E-state index >= 15 is 0 Å². The molecule has 2 aromatic heterocycles. The fraction of sp³-hybridized carbons (Fsp3) is 0.156. The molecule has 3 aromatic carbocycles. The Morgan fingerprint density at radius 3 is 2.55 bits per heavy atom. The lowest BCUT2D eigenvalue weighted by atomic mass is 9.84. The summed E-state index contributed by atoms with van der Waals surface area (Å²) in [5.74, 6) is -2.04. The summed E-state index contributed by atoms with van der Waals surface area (Å²) >= 11 is 0.924. The van der Waals surface area contributed by atoms with Gasteiger partial charge in [-0.2, -0.15) is 0 Å². The van der Waals surface area contributed by atoms with Gasteiger partial charge in [0.2, 0.25) is 5.76 Å². The highest BCUT2D eigenvalue weighted by Gasteiger charge is 2.66. The van der Waals surface area contributed by atoms with Gasteiger partial charge in [0, 0.05) is 5.56 Å². The van der Waals surface area contributed by atoms with Crippen molar-refractivity contribution >= 4 is 50.9 Å². The van der Waals surface area contributed by atoms with Crippen LogP contribution in [0, 0.1) is 13.8 Å². The summed E-state index contributed by atoms with van der Waals surface area (Å²) in [4.78, 5) is 63.7. The monoisotopic (exact) mass is 577 g/mol. The summed E-state index contributed by atoms with van der Waals surface area (Å²) in [5.41, 5.74) is 1.03. The van der Waals surface area contributed by atoms with Crippen LogP contribution in [0.1, 0.15) is 48.2 Å². The molecule has 0 saturated carbocycles. The van der Waals surface area contributed by atoms with Crippen molar-refractivity contribution in [2.75, 3.05) is 16.9 Å². The van der Waals surface area contributed by atoms with E-state index in [0.29, 0.717) is 16.9 Å². The van der Waals surface area contributed by atoms with Crippen LogP contribution in [-0.4, -0.2) is 29.9 Å². The highest BCUT2D eigenvalue weighted by atomic mass is 32.1. The van der Waals surface area contributed by atoms with Gasteiger partial charge in [-0.3, -0.25) is 19.3 Å². The number of fused-ring (bicyclic) bond motifs is 5. The molecule has 0 radical (unpaired) electrons. The molecule has 0 N–H and O–H groups in total. The first-order valence-electron chi connectivity index (χ1n) is 13.2. The Balaban J connectivity index is 1.55. The Morgan fingerprint density at radius 1 is 1.00 bits per heavy atom. The number of aromatic nitrogens is 1. The molecule has 5 aromatic rings. The molecule has 7 rings (SSSR count). The summed E-state index contributed by atoms with van der Waals surface area (Å²) in [6.07, 6.45) is 0. The highest BCUT2D eigenvalue weighted by Crippen LogP contribution is 2.55. The Kier molecular flexibility index (Phi) is 5.67. The maximum absolute atomic E-state index is 15.0. The summed E-state index contributed by atoms with van der Waals surface area (Å²) in [7, 11) is 1.26. The normalized spacial score (nSPS) is 17.3. The topological polar surface area (TPSA) is 110 Å². The first kappa shape index (κ1) is 25.8. The van der Waals surface area contributed by atoms with Gasteiger partial charge in [0.1, 0.15) is 10.5 Å². The quantitative estimate of drug-likeness (QED) is 0.273. The van der Waals surface area contributed by atoms with Crippen molar-refractivity contribution in [3.63, 3.8) is 0 Å². The Hall–Kier alpha value is -5.09. The lowest BCUT2D eigenvalue weighted by molar-refractivity contribution is -0.121. The van der Waals surface area contributed by atoms with E-state index in [1.165, 1.54) is 12.0 Å². The predicted molar refractivity (Wildman–Crippen MR) is 157 cm³/mol. The Bertz CT molecular complexity index is 2050. The van der Waals surface area contributed by atoms with E-state index in [4.69, 9.17) is 9.15 Å². The summed E-state index contributed by atoms with van der Waals surface area (Å²) in [6, 6.07) is 21.5. The number of nitrogens with zero attached hydrogens (tertiary/aromatic N) is 3. The lowest BCUT2D eigenvalue weighted by Gasteiger charge is -2.32. The number of hydrogen-bond acceptors (Lipinski definition) is 8. The van der Waals surface area contributed by atoms with Crippen molar-refractivity contribution in [3.8, 4) is 0 Å². The molecule has 4 heterocycles. The van der Waals surface area contributed by atoms with E-state index in [2.05, 4.69) is 4.98 Å². The number of esters is 1. The molecular formula is C32H23N3O6S. The summed E-state index contributed by atoms with van der Waals surface area (Å²) < 4.78 is 11.0. The van der Waals surface area contributed by atoms with Crippen LogP contribution in [0.3, 0.4) is 0 Å². The average molecular weight is 578 g/mol. The van der Waals surface area contributed by atoms with Crippen LogP contribution < -0.4 is 15.2 Å². The van der Waals surface area contributed by atoms with Gasteiger partial charge in [0.25, 0.3) is 11.8 Å². The zero-order chi connectivity index (χ0) is 29.3. The number of thiazole rings is 1. The van der Waals surface area contributed by atoms with E-state index in [1.54, 1.807) is 54.3 Å². The van der Waals surface area contributed by atoms with Gasteiger partial charge >= 0.3 is 5.97 Å². The molecule has 0 aliphatic carbocycles. The average Bonchev–Trinajstić information content (AvgIpc) is 3.58. The van der Waals surface area contributed by atoms with Crippen LogP contribution in [-0.2, 0) is 21.6 Å². The van der Waals surface area contributed by atoms with Gasteiger partial charge in [-0.1, -0.05) is 71.5 Å². The van der Waals surface area contributed by atoms with Crippen LogP contribution in [0.2, 0.25) is 0 Å². The van der Waals surface area contributed by atoms with Gasteiger partial charge in [-0.05, 0) is 37.6 Å². The largest absolute Gasteiger partial charge is 0.465 e. The van der Waals surface area contributed by atoms with Crippen molar-refractivity contribution in [1.29, 1.82) is 0 Å². The van der Waals surface area contributed by atoms with Gasteiger partial charge < -0.3 is 14.1 Å². The van der Waals surface area contributed by atoms with E-state index in [9.17, 15) is 19.2 Å². The van der Waals surface area contributed by atoms with Crippen LogP contribution in [0.4, 0.5) is 10.8 Å². The number of aryl methyl sites for hydroxylation is 2. The number of carbonyl (C=O) groups excluding carboxylic acids is 3. The molecule has 0 fully saturated rings.